The van der Waals surface area contributed by atoms with Gasteiger partial charge in [0, 0.05) is 0 Å². The number of thiocarbonyl (C=S) groups is 1. The maximum Gasteiger partial charge on any atom is 0.365 e. The Hall–Kier alpha value is -1.42. The van der Waals surface area contributed by atoms with Crippen LogP contribution in [0.15, 0.2) is 30.3 Å². The van der Waals surface area contributed by atoms with Crippen LogP contribution in [0.25, 0.3) is 0 Å². The number of esters is 1. The Bertz CT molecular complexity index is 311. The monoisotopic (exact) mass is 195 g/mol. The summed E-state index contributed by atoms with van der Waals surface area (Å²) in [7, 11) is 0. The second-order valence-corrected chi connectivity index (χ2v) is 2.87. The van der Waals surface area contributed by atoms with Crippen molar-refractivity contribution in [3.05, 3.63) is 35.9 Å². The average Bonchev–Trinajstić information content (AvgIpc) is 2.15. The van der Waals surface area contributed by atoms with E-state index in [1.807, 2.05) is 30.3 Å². The topological polar surface area (TPSA) is 52.3 Å². The molecule has 3 nitrogen and oxygen atoms in total. The van der Waals surface area contributed by atoms with Gasteiger partial charge >= 0.3 is 5.97 Å². The molecule has 1 aromatic rings. The summed E-state index contributed by atoms with van der Waals surface area (Å²) < 4.78 is 4.78. The average molecular weight is 195 g/mol. The Morgan fingerprint density at radius 2 is 2.00 bits per heavy atom. The van der Waals surface area contributed by atoms with Crippen molar-refractivity contribution in [2.75, 3.05) is 0 Å². The van der Waals surface area contributed by atoms with E-state index in [9.17, 15) is 4.79 Å². The van der Waals surface area contributed by atoms with Gasteiger partial charge in [0.2, 0.25) is 0 Å². The number of rotatable bonds is 2. The number of ether oxygens (including phenoxy) is 1. The highest BCUT2D eigenvalue weighted by molar-refractivity contribution is 7.81. The maximum absolute atomic E-state index is 10.8. The molecule has 1 rings (SSSR count). The molecule has 0 aliphatic rings. The van der Waals surface area contributed by atoms with Crippen LogP contribution in [0.3, 0.4) is 0 Å². The third-order valence-corrected chi connectivity index (χ3v) is 1.58. The Morgan fingerprint density at radius 1 is 1.38 bits per heavy atom. The van der Waals surface area contributed by atoms with Crippen LogP contribution >= 0.6 is 12.2 Å². The first kappa shape index (κ1) is 9.67. The third-order valence-electron chi connectivity index (χ3n) is 1.41. The fourth-order valence-electron chi connectivity index (χ4n) is 0.794. The second-order valence-electron chi connectivity index (χ2n) is 2.43. The van der Waals surface area contributed by atoms with E-state index in [1.54, 1.807) is 0 Å². The molecule has 0 unspecified atom stereocenters. The van der Waals surface area contributed by atoms with E-state index in [1.165, 1.54) is 0 Å². The molecular weight excluding hydrogens is 186 g/mol. The van der Waals surface area contributed by atoms with E-state index >= 15 is 0 Å². The fourth-order valence-corrected chi connectivity index (χ4v) is 0.853. The number of hydrogen-bond acceptors (Lipinski definition) is 3. The molecule has 0 aliphatic carbocycles. The minimum atomic E-state index is -0.640. The molecule has 1 aromatic carbocycles. The van der Waals surface area contributed by atoms with Crippen LogP contribution < -0.4 is 5.73 Å². The lowest BCUT2D eigenvalue weighted by Crippen LogP contribution is -2.23. The summed E-state index contributed by atoms with van der Waals surface area (Å²) in [5.74, 6) is -0.640. The summed E-state index contributed by atoms with van der Waals surface area (Å²) in [5.41, 5.74) is 5.97. The van der Waals surface area contributed by atoms with Crippen LogP contribution in [0.2, 0.25) is 0 Å². The fraction of sp³-hybridized carbons (Fsp3) is 0.111. The van der Waals surface area contributed by atoms with Crippen molar-refractivity contribution in [3.63, 3.8) is 0 Å². The minimum absolute atomic E-state index is 0.205. The number of benzene rings is 1. The Kier molecular flexibility index (Phi) is 3.40. The van der Waals surface area contributed by atoms with E-state index in [-0.39, 0.29) is 11.6 Å². The smallest absolute Gasteiger partial charge is 0.365 e. The molecule has 0 atom stereocenters. The highest BCUT2D eigenvalue weighted by Crippen LogP contribution is 2.00. The van der Waals surface area contributed by atoms with Crippen LogP contribution in [0.4, 0.5) is 0 Å². The first-order valence-corrected chi connectivity index (χ1v) is 4.11. The van der Waals surface area contributed by atoms with Crippen molar-refractivity contribution in [2.45, 2.75) is 6.61 Å². The van der Waals surface area contributed by atoms with Gasteiger partial charge in [0.1, 0.15) is 6.61 Å². The predicted octanol–water partition coefficient (Wildman–Crippen LogP) is 1.02. The van der Waals surface area contributed by atoms with Gasteiger partial charge in [-0.2, -0.15) is 0 Å². The Labute approximate surface area is 81.5 Å². The van der Waals surface area contributed by atoms with Crippen LogP contribution in [-0.2, 0) is 16.1 Å². The molecule has 0 heterocycles. The normalized spacial score (nSPS) is 9.23. The molecule has 0 fully saturated rings. The highest BCUT2D eigenvalue weighted by Gasteiger charge is 2.05. The van der Waals surface area contributed by atoms with Gasteiger partial charge in [0.25, 0.3) is 0 Å². The SMILES string of the molecule is NC(=S)C(=O)OCc1ccccc1. The molecule has 0 spiro atoms. The highest BCUT2D eigenvalue weighted by atomic mass is 32.1. The standard InChI is InChI=1S/C9H9NO2S/c10-8(13)9(11)12-6-7-4-2-1-3-5-7/h1-5H,6H2,(H2,10,13). The number of carbonyl (C=O) groups excluding carboxylic acids is 1. The summed E-state index contributed by atoms with van der Waals surface area (Å²) in [4.78, 5) is 10.6. The largest absolute Gasteiger partial charge is 0.456 e. The summed E-state index contributed by atoms with van der Waals surface area (Å²) >= 11 is 4.44. The van der Waals surface area contributed by atoms with Crippen LogP contribution in [-0.4, -0.2) is 11.0 Å². The number of nitrogens with two attached hydrogens (primary N) is 1. The van der Waals surface area contributed by atoms with Gasteiger partial charge in [-0.15, -0.1) is 0 Å². The quantitative estimate of drug-likeness (QED) is 0.565. The Balaban J connectivity index is 2.44. The van der Waals surface area contributed by atoms with E-state index in [0.29, 0.717) is 0 Å². The first-order chi connectivity index (χ1) is 6.20. The molecule has 0 saturated heterocycles. The predicted molar refractivity (Wildman–Crippen MR) is 53.0 cm³/mol. The summed E-state index contributed by atoms with van der Waals surface area (Å²) in [5, 5.41) is 0. The van der Waals surface area contributed by atoms with Gasteiger partial charge < -0.3 is 10.5 Å². The van der Waals surface area contributed by atoms with E-state index in [2.05, 4.69) is 12.2 Å². The maximum atomic E-state index is 10.8. The molecule has 0 saturated carbocycles. The van der Waals surface area contributed by atoms with Crippen molar-refractivity contribution in [2.24, 2.45) is 5.73 Å². The van der Waals surface area contributed by atoms with Crippen molar-refractivity contribution in [1.82, 2.24) is 0 Å². The summed E-state index contributed by atoms with van der Waals surface area (Å²) in [6.07, 6.45) is 0. The van der Waals surface area contributed by atoms with Crippen LogP contribution in [0.5, 0.6) is 0 Å². The van der Waals surface area contributed by atoms with Crippen molar-refractivity contribution < 1.29 is 9.53 Å². The lowest BCUT2D eigenvalue weighted by atomic mass is 10.2. The van der Waals surface area contributed by atoms with Gasteiger partial charge in [-0.3, -0.25) is 0 Å². The van der Waals surface area contributed by atoms with Gasteiger partial charge in [-0.1, -0.05) is 42.5 Å². The number of carbonyl (C=O) groups is 1. The summed E-state index contributed by atoms with van der Waals surface area (Å²) in [6, 6.07) is 9.33. The lowest BCUT2D eigenvalue weighted by Gasteiger charge is -2.02. The van der Waals surface area contributed by atoms with Crippen molar-refractivity contribution >= 4 is 23.2 Å². The molecule has 4 heteroatoms. The molecule has 0 aliphatic heterocycles. The zero-order chi connectivity index (χ0) is 9.68. The van der Waals surface area contributed by atoms with Crippen molar-refractivity contribution in [3.8, 4) is 0 Å². The number of hydrogen-bond donors (Lipinski definition) is 1. The molecule has 68 valence electrons. The van der Waals surface area contributed by atoms with Crippen molar-refractivity contribution in [1.29, 1.82) is 0 Å². The molecule has 0 radical (unpaired) electrons. The molecule has 0 bridgehead atoms. The van der Waals surface area contributed by atoms with Gasteiger partial charge in [-0.05, 0) is 5.56 Å². The molecule has 0 aromatic heterocycles. The second kappa shape index (κ2) is 4.57. The first-order valence-electron chi connectivity index (χ1n) is 3.70. The Morgan fingerprint density at radius 3 is 2.54 bits per heavy atom. The van der Waals surface area contributed by atoms with E-state index in [4.69, 9.17) is 10.5 Å². The molecular formula is C9H9NO2S. The van der Waals surface area contributed by atoms with Crippen LogP contribution in [0.1, 0.15) is 5.56 Å². The van der Waals surface area contributed by atoms with Gasteiger partial charge in [0.15, 0.2) is 4.99 Å². The van der Waals surface area contributed by atoms with Crippen LogP contribution in [0, 0.1) is 0 Å². The summed E-state index contributed by atoms with van der Waals surface area (Å²) in [6.45, 7) is 0.205. The van der Waals surface area contributed by atoms with E-state index < -0.39 is 5.97 Å². The molecule has 13 heavy (non-hydrogen) atoms. The molecule has 0 amide bonds. The zero-order valence-corrected chi connectivity index (χ0v) is 7.71. The van der Waals surface area contributed by atoms with Gasteiger partial charge in [-0.25, -0.2) is 4.79 Å². The van der Waals surface area contributed by atoms with Gasteiger partial charge in [0.05, 0.1) is 0 Å². The zero-order valence-electron chi connectivity index (χ0n) is 6.90. The lowest BCUT2D eigenvalue weighted by molar-refractivity contribution is -0.136. The third kappa shape index (κ3) is 3.21. The minimum Gasteiger partial charge on any atom is -0.456 e. The van der Waals surface area contributed by atoms with E-state index in [0.717, 1.165) is 5.56 Å². The molecule has 2 N–H and O–H groups in total.